The standard InChI is InChI=1S/C24H26O/c1-3-5-20-25-24-18-16-23(17-19-24)11-9-7-6-8-10-22-14-12-21(4-2)13-15-22/h8-19H,3-5,20H2,1-2H3/b10-8+,11-9+. The van der Waals surface area contributed by atoms with Crippen molar-refractivity contribution in [1.29, 1.82) is 0 Å². The average Bonchev–Trinajstić information content (AvgIpc) is 2.66. The van der Waals surface area contributed by atoms with Crippen molar-refractivity contribution in [2.45, 2.75) is 33.1 Å². The van der Waals surface area contributed by atoms with Gasteiger partial charge >= 0.3 is 0 Å². The van der Waals surface area contributed by atoms with Gasteiger partial charge in [-0.1, -0.05) is 68.5 Å². The highest BCUT2D eigenvalue weighted by atomic mass is 16.5. The molecule has 0 bridgehead atoms. The fraction of sp³-hybridized carbons (Fsp3) is 0.250. The minimum Gasteiger partial charge on any atom is -0.494 e. The molecular formula is C24H26O. The van der Waals surface area contributed by atoms with Gasteiger partial charge in [0.2, 0.25) is 0 Å². The van der Waals surface area contributed by atoms with Gasteiger partial charge in [-0.3, -0.25) is 0 Å². The summed E-state index contributed by atoms with van der Waals surface area (Å²) in [4.78, 5) is 0. The molecule has 0 aliphatic rings. The molecule has 2 rings (SSSR count). The molecule has 0 aromatic heterocycles. The van der Waals surface area contributed by atoms with Crippen LogP contribution in [0.2, 0.25) is 0 Å². The number of ether oxygens (including phenoxy) is 1. The molecule has 0 heterocycles. The number of hydrogen-bond donors (Lipinski definition) is 0. The molecule has 0 radical (unpaired) electrons. The van der Waals surface area contributed by atoms with Crippen LogP contribution in [0.25, 0.3) is 12.2 Å². The Balaban J connectivity index is 1.82. The van der Waals surface area contributed by atoms with Gasteiger partial charge in [-0.2, -0.15) is 0 Å². The van der Waals surface area contributed by atoms with Gasteiger partial charge in [0.05, 0.1) is 6.61 Å². The largest absolute Gasteiger partial charge is 0.494 e. The second-order valence-electron chi connectivity index (χ2n) is 5.82. The molecule has 0 fully saturated rings. The first-order valence-corrected chi connectivity index (χ1v) is 8.97. The quantitative estimate of drug-likeness (QED) is 0.436. The van der Waals surface area contributed by atoms with E-state index in [4.69, 9.17) is 4.74 Å². The Kier molecular flexibility index (Phi) is 8.15. The minimum atomic E-state index is 0.782. The predicted molar refractivity (Wildman–Crippen MR) is 109 cm³/mol. The number of rotatable bonds is 7. The summed E-state index contributed by atoms with van der Waals surface area (Å²) < 4.78 is 5.65. The highest BCUT2D eigenvalue weighted by molar-refractivity contribution is 5.56. The third-order valence-corrected chi connectivity index (χ3v) is 3.84. The molecule has 128 valence electrons. The van der Waals surface area contributed by atoms with E-state index in [2.05, 4.69) is 50.0 Å². The van der Waals surface area contributed by atoms with Crippen molar-refractivity contribution in [3.8, 4) is 17.6 Å². The lowest BCUT2D eigenvalue weighted by atomic mass is 10.1. The third-order valence-electron chi connectivity index (χ3n) is 3.84. The lowest BCUT2D eigenvalue weighted by Crippen LogP contribution is -1.95. The molecule has 0 unspecified atom stereocenters. The lowest BCUT2D eigenvalue weighted by Gasteiger charge is -2.04. The molecule has 25 heavy (non-hydrogen) atoms. The van der Waals surface area contributed by atoms with E-state index < -0.39 is 0 Å². The molecule has 1 nitrogen and oxygen atoms in total. The smallest absolute Gasteiger partial charge is 0.119 e. The van der Waals surface area contributed by atoms with E-state index in [0.29, 0.717) is 0 Å². The Morgan fingerprint density at radius 1 is 0.800 bits per heavy atom. The topological polar surface area (TPSA) is 9.23 Å². The van der Waals surface area contributed by atoms with Gasteiger partial charge in [0, 0.05) is 0 Å². The summed E-state index contributed by atoms with van der Waals surface area (Å²) >= 11 is 0. The van der Waals surface area contributed by atoms with Crippen molar-refractivity contribution >= 4 is 12.2 Å². The monoisotopic (exact) mass is 330 g/mol. The SMILES string of the molecule is CCCCOc1ccc(/C=C/C#C/C=C/c2ccc(CC)cc2)cc1. The van der Waals surface area contributed by atoms with Gasteiger partial charge in [-0.25, -0.2) is 0 Å². The maximum absolute atomic E-state index is 5.65. The van der Waals surface area contributed by atoms with Crippen LogP contribution in [0.15, 0.2) is 60.7 Å². The fourth-order valence-electron chi connectivity index (χ4n) is 2.25. The van der Waals surface area contributed by atoms with Crippen LogP contribution >= 0.6 is 0 Å². The predicted octanol–water partition coefficient (Wildman–Crippen LogP) is 6.16. The van der Waals surface area contributed by atoms with Crippen LogP contribution in [-0.4, -0.2) is 6.61 Å². The number of hydrogen-bond acceptors (Lipinski definition) is 1. The number of benzene rings is 2. The molecular weight excluding hydrogens is 304 g/mol. The van der Waals surface area contributed by atoms with E-state index >= 15 is 0 Å². The molecule has 0 saturated heterocycles. The average molecular weight is 330 g/mol. The third kappa shape index (κ3) is 7.14. The van der Waals surface area contributed by atoms with Gasteiger partial charge in [-0.15, -0.1) is 0 Å². The van der Waals surface area contributed by atoms with E-state index in [1.165, 1.54) is 11.1 Å². The Hall–Kier alpha value is -2.72. The molecule has 0 spiro atoms. The second kappa shape index (κ2) is 10.9. The van der Waals surface area contributed by atoms with Crippen LogP contribution in [0.3, 0.4) is 0 Å². The highest BCUT2D eigenvalue weighted by Crippen LogP contribution is 2.13. The van der Waals surface area contributed by atoms with Crippen LogP contribution in [-0.2, 0) is 6.42 Å². The molecule has 0 N–H and O–H groups in total. The first-order valence-electron chi connectivity index (χ1n) is 8.97. The summed E-state index contributed by atoms with van der Waals surface area (Å²) in [5.41, 5.74) is 3.65. The number of allylic oxidation sites excluding steroid dienone is 2. The van der Waals surface area contributed by atoms with E-state index in [0.717, 1.165) is 37.2 Å². The summed E-state index contributed by atoms with van der Waals surface area (Å²) in [6.45, 7) is 5.11. The summed E-state index contributed by atoms with van der Waals surface area (Å²) in [7, 11) is 0. The maximum atomic E-state index is 5.65. The van der Waals surface area contributed by atoms with Crippen molar-refractivity contribution in [2.24, 2.45) is 0 Å². The molecule has 0 aliphatic heterocycles. The Bertz CT molecular complexity index is 737. The van der Waals surface area contributed by atoms with Gasteiger partial charge < -0.3 is 4.74 Å². The normalized spacial score (nSPS) is 10.8. The zero-order valence-electron chi connectivity index (χ0n) is 15.2. The van der Waals surface area contributed by atoms with Crippen LogP contribution in [0, 0.1) is 11.8 Å². The molecule has 2 aromatic carbocycles. The highest BCUT2D eigenvalue weighted by Gasteiger charge is 1.92. The Morgan fingerprint density at radius 3 is 1.88 bits per heavy atom. The Morgan fingerprint density at radius 2 is 1.36 bits per heavy atom. The van der Waals surface area contributed by atoms with Gasteiger partial charge in [0.25, 0.3) is 0 Å². The first-order chi connectivity index (χ1) is 12.3. The Labute approximate surface area is 152 Å². The van der Waals surface area contributed by atoms with E-state index in [9.17, 15) is 0 Å². The number of unbranched alkanes of at least 4 members (excludes halogenated alkanes) is 1. The van der Waals surface area contributed by atoms with Crippen molar-refractivity contribution in [1.82, 2.24) is 0 Å². The summed E-state index contributed by atoms with van der Waals surface area (Å²) in [6.07, 6.45) is 11.1. The molecule has 1 heteroatoms. The van der Waals surface area contributed by atoms with Crippen LogP contribution in [0.4, 0.5) is 0 Å². The zero-order valence-corrected chi connectivity index (χ0v) is 15.2. The van der Waals surface area contributed by atoms with E-state index in [-0.39, 0.29) is 0 Å². The molecule has 0 atom stereocenters. The second-order valence-corrected chi connectivity index (χ2v) is 5.82. The van der Waals surface area contributed by atoms with Crippen molar-refractivity contribution in [3.63, 3.8) is 0 Å². The summed E-state index contributed by atoms with van der Waals surface area (Å²) in [5.74, 6) is 7.00. The van der Waals surface area contributed by atoms with E-state index in [1.807, 2.05) is 48.6 Å². The first kappa shape index (κ1) is 18.6. The molecule has 0 aliphatic carbocycles. The zero-order chi connectivity index (χ0) is 17.7. The van der Waals surface area contributed by atoms with E-state index in [1.54, 1.807) is 0 Å². The van der Waals surface area contributed by atoms with Gasteiger partial charge in [0.1, 0.15) is 5.75 Å². The van der Waals surface area contributed by atoms with Gasteiger partial charge in [0.15, 0.2) is 0 Å². The lowest BCUT2D eigenvalue weighted by molar-refractivity contribution is 0.309. The fourth-order valence-corrected chi connectivity index (χ4v) is 2.25. The van der Waals surface area contributed by atoms with Crippen molar-refractivity contribution in [2.75, 3.05) is 6.61 Å². The van der Waals surface area contributed by atoms with Crippen LogP contribution in [0.1, 0.15) is 43.4 Å². The van der Waals surface area contributed by atoms with Crippen LogP contribution < -0.4 is 4.74 Å². The molecule has 0 amide bonds. The van der Waals surface area contributed by atoms with Gasteiger partial charge in [-0.05, 0) is 66.0 Å². The molecule has 2 aromatic rings. The molecule has 0 saturated carbocycles. The maximum Gasteiger partial charge on any atom is 0.119 e. The van der Waals surface area contributed by atoms with Crippen molar-refractivity contribution in [3.05, 3.63) is 77.4 Å². The minimum absolute atomic E-state index is 0.782. The summed E-state index contributed by atoms with van der Waals surface area (Å²) in [6, 6.07) is 16.7. The summed E-state index contributed by atoms with van der Waals surface area (Å²) in [5, 5.41) is 0. The van der Waals surface area contributed by atoms with Crippen molar-refractivity contribution < 1.29 is 4.74 Å². The number of aryl methyl sites for hydroxylation is 1. The van der Waals surface area contributed by atoms with Crippen LogP contribution in [0.5, 0.6) is 5.75 Å².